The number of nitrogens with one attached hydrogen (secondary N) is 1. The van der Waals surface area contributed by atoms with Crippen molar-refractivity contribution in [3.63, 3.8) is 0 Å². The first-order valence-electron chi connectivity index (χ1n) is 8.93. The maximum atomic E-state index is 10.4. The minimum atomic E-state index is -0.282. The summed E-state index contributed by atoms with van der Waals surface area (Å²) in [6.07, 6.45) is 0.534. The molecular weight excluding hydrogens is 296 g/mol. The second-order valence-electron chi connectivity index (χ2n) is 6.84. The Hall–Kier alpha value is -1.68. The van der Waals surface area contributed by atoms with Crippen molar-refractivity contribution < 1.29 is 5.11 Å². The topological polar surface area (TPSA) is 35.5 Å². The molecule has 2 aromatic carbocycles. The molecule has 1 saturated heterocycles. The molecule has 1 aliphatic rings. The van der Waals surface area contributed by atoms with Crippen molar-refractivity contribution >= 4 is 0 Å². The van der Waals surface area contributed by atoms with E-state index in [0.29, 0.717) is 6.04 Å². The van der Waals surface area contributed by atoms with Gasteiger partial charge < -0.3 is 10.4 Å². The second-order valence-corrected chi connectivity index (χ2v) is 6.84. The Bertz CT molecular complexity index is 616. The monoisotopic (exact) mass is 324 g/mol. The Kier molecular flexibility index (Phi) is 5.67. The Balaban J connectivity index is 1.65. The zero-order valence-corrected chi connectivity index (χ0v) is 14.6. The van der Waals surface area contributed by atoms with Crippen molar-refractivity contribution in [2.75, 3.05) is 13.1 Å². The highest BCUT2D eigenvalue weighted by Crippen LogP contribution is 2.25. The first-order valence-corrected chi connectivity index (χ1v) is 8.93. The van der Waals surface area contributed by atoms with Gasteiger partial charge in [0.2, 0.25) is 0 Å². The molecule has 0 bridgehead atoms. The van der Waals surface area contributed by atoms with Crippen LogP contribution in [0.25, 0.3) is 0 Å². The largest absolute Gasteiger partial charge is 0.391 e. The summed E-state index contributed by atoms with van der Waals surface area (Å²) >= 11 is 0. The summed E-state index contributed by atoms with van der Waals surface area (Å²) in [6.45, 7) is 6.23. The number of benzene rings is 2. The molecule has 1 aliphatic heterocycles. The number of aliphatic hydroxyl groups is 1. The van der Waals surface area contributed by atoms with Crippen LogP contribution in [0.2, 0.25) is 0 Å². The van der Waals surface area contributed by atoms with Crippen molar-refractivity contribution in [1.29, 1.82) is 0 Å². The van der Waals surface area contributed by atoms with Gasteiger partial charge in [-0.25, -0.2) is 0 Å². The van der Waals surface area contributed by atoms with Gasteiger partial charge in [0, 0.05) is 31.2 Å². The third-order valence-electron chi connectivity index (χ3n) is 5.20. The lowest BCUT2D eigenvalue weighted by atomic mass is 9.96. The van der Waals surface area contributed by atoms with Gasteiger partial charge in [-0.15, -0.1) is 0 Å². The molecule has 4 atom stereocenters. The van der Waals surface area contributed by atoms with E-state index in [1.807, 2.05) is 6.07 Å². The van der Waals surface area contributed by atoms with Crippen LogP contribution < -0.4 is 5.32 Å². The summed E-state index contributed by atoms with van der Waals surface area (Å²) in [5, 5.41) is 14.1. The molecule has 0 radical (unpaired) electrons. The third kappa shape index (κ3) is 4.04. The van der Waals surface area contributed by atoms with E-state index < -0.39 is 0 Å². The molecule has 2 N–H and O–H groups in total. The highest BCUT2D eigenvalue weighted by Gasteiger charge is 2.31. The summed E-state index contributed by atoms with van der Waals surface area (Å²) < 4.78 is 0. The zero-order chi connectivity index (χ0) is 16.9. The Labute approximate surface area is 145 Å². The number of likely N-dealkylation sites (tertiary alicyclic amines) is 1. The number of aliphatic hydroxyl groups excluding tert-OH is 1. The van der Waals surface area contributed by atoms with Crippen LogP contribution in [0.15, 0.2) is 60.7 Å². The van der Waals surface area contributed by atoms with E-state index >= 15 is 0 Å². The van der Waals surface area contributed by atoms with Crippen LogP contribution in [0, 0.1) is 0 Å². The maximum Gasteiger partial charge on any atom is 0.0718 e. The fraction of sp³-hybridized carbons (Fsp3) is 0.429. The van der Waals surface area contributed by atoms with Crippen LogP contribution in [0.3, 0.4) is 0 Å². The van der Waals surface area contributed by atoms with Crippen LogP contribution in [-0.4, -0.2) is 35.2 Å². The van der Waals surface area contributed by atoms with E-state index in [2.05, 4.69) is 78.7 Å². The van der Waals surface area contributed by atoms with Crippen molar-refractivity contribution in [2.24, 2.45) is 0 Å². The molecule has 1 heterocycles. The predicted molar refractivity (Wildman–Crippen MR) is 98.8 cm³/mol. The molecule has 1 fully saturated rings. The van der Waals surface area contributed by atoms with Gasteiger partial charge in [0.05, 0.1) is 6.10 Å². The van der Waals surface area contributed by atoms with Gasteiger partial charge in [-0.1, -0.05) is 60.7 Å². The van der Waals surface area contributed by atoms with Crippen LogP contribution >= 0.6 is 0 Å². The lowest BCUT2D eigenvalue weighted by Gasteiger charge is -2.41. The maximum absolute atomic E-state index is 10.4. The zero-order valence-electron chi connectivity index (χ0n) is 14.6. The average molecular weight is 324 g/mol. The minimum absolute atomic E-state index is 0.0973. The van der Waals surface area contributed by atoms with Crippen LogP contribution in [0.1, 0.15) is 43.5 Å². The fourth-order valence-electron chi connectivity index (χ4n) is 3.58. The molecule has 2 aromatic rings. The summed E-state index contributed by atoms with van der Waals surface area (Å²) in [4.78, 5) is 2.47. The van der Waals surface area contributed by atoms with E-state index in [0.717, 1.165) is 19.5 Å². The van der Waals surface area contributed by atoms with E-state index in [1.165, 1.54) is 11.1 Å². The highest BCUT2D eigenvalue weighted by molar-refractivity contribution is 5.20. The summed E-state index contributed by atoms with van der Waals surface area (Å²) in [5.41, 5.74) is 2.60. The van der Waals surface area contributed by atoms with Gasteiger partial charge in [-0.2, -0.15) is 0 Å². The SMILES string of the molecule is CC(N[C@@H]1CN(C(C)c2ccccc2)CC[C@H]1O)c1ccccc1. The number of rotatable bonds is 5. The normalized spacial score (nSPS) is 24.5. The Morgan fingerprint density at radius 2 is 1.54 bits per heavy atom. The van der Waals surface area contributed by atoms with Crippen molar-refractivity contribution in [3.05, 3.63) is 71.8 Å². The quantitative estimate of drug-likeness (QED) is 0.883. The highest BCUT2D eigenvalue weighted by atomic mass is 16.3. The fourth-order valence-corrected chi connectivity index (χ4v) is 3.58. The first kappa shape index (κ1) is 17.2. The summed E-state index contributed by atoms with van der Waals surface area (Å²) in [6, 6.07) is 21.8. The molecular formula is C21H28N2O. The minimum Gasteiger partial charge on any atom is -0.391 e. The Morgan fingerprint density at radius 1 is 0.958 bits per heavy atom. The van der Waals surface area contributed by atoms with Crippen LogP contribution in [-0.2, 0) is 0 Å². The molecule has 3 rings (SSSR count). The van der Waals surface area contributed by atoms with Crippen LogP contribution in [0.5, 0.6) is 0 Å². The molecule has 24 heavy (non-hydrogen) atoms. The van der Waals surface area contributed by atoms with Gasteiger partial charge in [0.1, 0.15) is 0 Å². The number of hydrogen-bond acceptors (Lipinski definition) is 3. The van der Waals surface area contributed by atoms with E-state index in [9.17, 15) is 5.11 Å². The molecule has 2 unspecified atom stereocenters. The summed E-state index contributed by atoms with van der Waals surface area (Å²) in [5.74, 6) is 0. The molecule has 128 valence electrons. The number of piperidine rings is 1. The third-order valence-corrected chi connectivity index (χ3v) is 5.20. The van der Waals surface area contributed by atoms with E-state index in [1.54, 1.807) is 0 Å². The average Bonchev–Trinajstić information content (AvgIpc) is 2.64. The standard InChI is InChI=1S/C21H28N2O/c1-16(18-9-5-3-6-10-18)22-20-15-23(14-13-21(20)24)17(2)19-11-7-4-8-12-19/h3-12,16-17,20-22,24H,13-15H2,1-2H3/t16?,17?,20-,21-/m1/s1. The van der Waals surface area contributed by atoms with E-state index in [4.69, 9.17) is 0 Å². The second kappa shape index (κ2) is 7.93. The Morgan fingerprint density at radius 3 is 2.17 bits per heavy atom. The van der Waals surface area contributed by atoms with Gasteiger partial charge in [-0.3, -0.25) is 4.90 Å². The number of nitrogens with zero attached hydrogens (tertiary/aromatic N) is 1. The number of hydrogen-bond donors (Lipinski definition) is 2. The van der Waals surface area contributed by atoms with Gasteiger partial charge in [0.15, 0.2) is 0 Å². The van der Waals surface area contributed by atoms with Crippen molar-refractivity contribution in [2.45, 2.75) is 44.5 Å². The lowest BCUT2D eigenvalue weighted by Crippen LogP contribution is -2.54. The molecule has 0 aromatic heterocycles. The van der Waals surface area contributed by atoms with Crippen LogP contribution in [0.4, 0.5) is 0 Å². The molecule has 0 amide bonds. The first-order chi connectivity index (χ1) is 11.6. The van der Waals surface area contributed by atoms with E-state index in [-0.39, 0.29) is 18.2 Å². The molecule has 0 aliphatic carbocycles. The smallest absolute Gasteiger partial charge is 0.0718 e. The molecule has 3 nitrogen and oxygen atoms in total. The molecule has 0 saturated carbocycles. The lowest BCUT2D eigenvalue weighted by molar-refractivity contribution is 0.0284. The predicted octanol–water partition coefficient (Wildman–Crippen LogP) is 3.53. The molecule has 0 spiro atoms. The van der Waals surface area contributed by atoms with Gasteiger partial charge >= 0.3 is 0 Å². The van der Waals surface area contributed by atoms with Crippen molar-refractivity contribution in [1.82, 2.24) is 10.2 Å². The van der Waals surface area contributed by atoms with Gasteiger partial charge in [-0.05, 0) is 31.4 Å². The molecule has 3 heteroatoms. The van der Waals surface area contributed by atoms with Gasteiger partial charge in [0.25, 0.3) is 0 Å². The van der Waals surface area contributed by atoms with Crippen molar-refractivity contribution in [3.8, 4) is 0 Å². The summed E-state index contributed by atoms with van der Waals surface area (Å²) in [7, 11) is 0.